The van der Waals surface area contributed by atoms with Crippen molar-refractivity contribution in [2.45, 2.75) is 37.8 Å². The molecule has 0 aliphatic heterocycles. The van der Waals surface area contributed by atoms with E-state index in [0.717, 1.165) is 25.7 Å². The van der Waals surface area contributed by atoms with E-state index in [1.165, 1.54) is 6.20 Å². The fourth-order valence-electron chi connectivity index (χ4n) is 2.30. The summed E-state index contributed by atoms with van der Waals surface area (Å²) in [6.07, 6.45) is 5.20. The molecule has 2 rings (SSSR count). The van der Waals surface area contributed by atoms with Crippen molar-refractivity contribution < 1.29 is 9.90 Å². The van der Waals surface area contributed by atoms with Gasteiger partial charge in [0.15, 0.2) is 0 Å². The second-order valence-corrected chi connectivity index (χ2v) is 5.01. The number of nitrogens with two attached hydrogens (primary N) is 1. The Hall–Kier alpha value is -1.33. The monoisotopic (exact) mass is 269 g/mol. The van der Waals surface area contributed by atoms with Crippen LogP contribution in [-0.4, -0.2) is 28.1 Å². The predicted molar refractivity (Wildman–Crippen MR) is 70.1 cm³/mol. The summed E-state index contributed by atoms with van der Waals surface area (Å²) < 4.78 is 0. The third kappa shape index (κ3) is 3.11. The summed E-state index contributed by atoms with van der Waals surface area (Å²) >= 11 is 5.80. The molecule has 6 heteroatoms. The Morgan fingerprint density at radius 1 is 1.56 bits per heavy atom. The first kappa shape index (κ1) is 13.1. The van der Waals surface area contributed by atoms with Crippen LogP contribution >= 0.6 is 11.6 Å². The summed E-state index contributed by atoms with van der Waals surface area (Å²) in [5.74, 6) is -1.01. The van der Waals surface area contributed by atoms with E-state index in [9.17, 15) is 4.79 Å². The number of carboxylic acids is 1. The fourth-order valence-corrected chi connectivity index (χ4v) is 2.46. The van der Waals surface area contributed by atoms with E-state index in [1.807, 2.05) is 0 Å². The predicted octanol–water partition coefficient (Wildman–Crippen LogP) is 2.11. The maximum Gasteiger partial charge on any atom is 0.339 e. The number of aromatic carboxylic acids is 1. The first-order chi connectivity index (χ1) is 8.56. The number of halogens is 1. The SMILES string of the molecule is NC1CCCC(Nc2cc(Cl)ncc2C(=O)O)C1. The Bertz CT molecular complexity index is 453. The standard InChI is InChI=1S/C12H16ClN3O2/c13-11-5-10(9(6-15-11)12(17)18)16-8-3-1-2-7(14)4-8/h5-8H,1-4,14H2,(H,15,16)(H,17,18). The highest BCUT2D eigenvalue weighted by Gasteiger charge is 2.21. The Balaban J connectivity index is 2.16. The van der Waals surface area contributed by atoms with Crippen LogP contribution < -0.4 is 11.1 Å². The van der Waals surface area contributed by atoms with Crippen molar-refractivity contribution in [1.82, 2.24) is 4.98 Å². The molecule has 2 atom stereocenters. The van der Waals surface area contributed by atoms with Gasteiger partial charge in [-0.15, -0.1) is 0 Å². The molecular weight excluding hydrogens is 254 g/mol. The van der Waals surface area contributed by atoms with Gasteiger partial charge in [-0.2, -0.15) is 0 Å². The van der Waals surface area contributed by atoms with Gasteiger partial charge in [0.05, 0.1) is 5.69 Å². The Kier molecular flexibility index (Phi) is 4.04. The fraction of sp³-hybridized carbons (Fsp3) is 0.500. The molecule has 18 heavy (non-hydrogen) atoms. The quantitative estimate of drug-likeness (QED) is 0.732. The van der Waals surface area contributed by atoms with Gasteiger partial charge in [0.2, 0.25) is 0 Å². The highest BCUT2D eigenvalue weighted by Crippen LogP contribution is 2.24. The normalized spacial score (nSPS) is 23.7. The molecule has 5 nitrogen and oxygen atoms in total. The molecule has 0 radical (unpaired) electrons. The lowest BCUT2D eigenvalue weighted by atomic mass is 9.91. The minimum Gasteiger partial charge on any atom is -0.478 e. The minimum atomic E-state index is -1.01. The Morgan fingerprint density at radius 3 is 3.00 bits per heavy atom. The zero-order valence-corrected chi connectivity index (χ0v) is 10.7. The summed E-state index contributed by atoms with van der Waals surface area (Å²) in [6.45, 7) is 0. The number of anilines is 1. The van der Waals surface area contributed by atoms with Crippen LogP contribution in [-0.2, 0) is 0 Å². The summed E-state index contributed by atoms with van der Waals surface area (Å²) in [5.41, 5.74) is 6.56. The van der Waals surface area contributed by atoms with Gasteiger partial charge in [-0.3, -0.25) is 0 Å². The van der Waals surface area contributed by atoms with E-state index < -0.39 is 5.97 Å². The molecule has 98 valence electrons. The van der Waals surface area contributed by atoms with Crippen LogP contribution in [0.25, 0.3) is 0 Å². The third-order valence-corrected chi connectivity index (χ3v) is 3.38. The lowest BCUT2D eigenvalue weighted by molar-refractivity contribution is 0.0697. The number of pyridine rings is 1. The van der Waals surface area contributed by atoms with Crippen molar-refractivity contribution in [3.63, 3.8) is 0 Å². The molecule has 0 amide bonds. The number of nitrogens with one attached hydrogen (secondary N) is 1. The smallest absolute Gasteiger partial charge is 0.339 e. The highest BCUT2D eigenvalue weighted by atomic mass is 35.5. The molecular formula is C12H16ClN3O2. The molecule has 1 saturated carbocycles. The molecule has 0 saturated heterocycles. The topological polar surface area (TPSA) is 88.2 Å². The lowest BCUT2D eigenvalue weighted by Crippen LogP contribution is -2.35. The Labute approximate surface area is 110 Å². The number of rotatable bonds is 3. The summed E-state index contributed by atoms with van der Waals surface area (Å²) in [6, 6.07) is 1.93. The van der Waals surface area contributed by atoms with Gasteiger partial charge < -0.3 is 16.2 Å². The minimum absolute atomic E-state index is 0.138. The molecule has 1 aliphatic carbocycles. The Morgan fingerprint density at radius 2 is 2.33 bits per heavy atom. The largest absolute Gasteiger partial charge is 0.478 e. The van der Waals surface area contributed by atoms with Crippen molar-refractivity contribution in [2.24, 2.45) is 5.73 Å². The zero-order valence-electron chi connectivity index (χ0n) is 9.90. The second kappa shape index (κ2) is 5.54. The molecule has 1 fully saturated rings. The van der Waals surface area contributed by atoms with Crippen LogP contribution in [0.1, 0.15) is 36.0 Å². The second-order valence-electron chi connectivity index (χ2n) is 4.63. The number of carboxylic acid groups (broad SMARTS) is 1. The van der Waals surface area contributed by atoms with Crippen molar-refractivity contribution in [2.75, 3.05) is 5.32 Å². The number of nitrogens with zero attached hydrogens (tertiary/aromatic N) is 1. The van der Waals surface area contributed by atoms with Crippen molar-refractivity contribution in [3.05, 3.63) is 23.0 Å². The molecule has 0 aromatic carbocycles. The van der Waals surface area contributed by atoms with Gasteiger partial charge in [-0.05, 0) is 31.7 Å². The van der Waals surface area contributed by atoms with Crippen molar-refractivity contribution >= 4 is 23.3 Å². The first-order valence-corrected chi connectivity index (χ1v) is 6.35. The third-order valence-electron chi connectivity index (χ3n) is 3.18. The van der Waals surface area contributed by atoms with Crippen LogP contribution in [0, 0.1) is 0 Å². The zero-order chi connectivity index (χ0) is 13.1. The van der Waals surface area contributed by atoms with Gasteiger partial charge in [-0.25, -0.2) is 9.78 Å². The number of aromatic nitrogens is 1. The van der Waals surface area contributed by atoms with E-state index in [2.05, 4.69) is 10.3 Å². The summed E-state index contributed by atoms with van der Waals surface area (Å²) in [4.78, 5) is 14.9. The lowest BCUT2D eigenvalue weighted by Gasteiger charge is -2.28. The van der Waals surface area contributed by atoms with Crippen LogP contribution in [0.4, 0.5) is 5.69 Å². The number of hydrogen-bond donors (Lipinski definition) is 3. The van der Waals surface area contributed by atoms with Crippen LogP contribution in [0.15, 0.2) is 12.3 Å². The highest BCUT2D eigenvalue weighted by molar-refractivity contribution is 6.29. The van der Waals surface area contributed by atoms with Gasteiger partial charge >= 0.3 is 5.97 Å². The van der Waals surface area contributed by atoms with Crippen molar-refractivity contribution in [3.8, 4) is 0 Å². The van der Waals surface area contributed by atoms with E-state index in [4.69, 9.17) is 22.4 Å². The van der Waals surface area contributed by atoms with E-state index in [-0.39, 0.29) is 22.8 Å². The summed E-state index contributed by atoms with van der Waals surface area (Å²) in [7, 11) is 0. The molecule has 0 spiro atoms. The number of hydrogen-bond acceptors (Lipinski definition) is 4. The molecule has 1 aliphatic rings. The average molecular weight is 270 g/mol. The maximum absolute atomic E-state index is 11.1. The van der Waals surface area contributed by atoms with Crippen LogP contribution in [0.5, 0.6) is 0 Å². The van der Waals surface area contributed by atoms with Gasteiger partial charge in [0.1, 0.15) is 10.7 Å². The van der Waals surface area contributed by atoms with E-state index >= 15 is 0 Å². The van der Waals surface area contributed by atoms with Gasteiger partial charge in [0, 0.05) is 18.3 Å². The molecule has 4 N–H and O–H groups in total. The molecule has 0 bridgehead atoms. The number of carbonyl (C=O) groups is 1. The first-order valence-electron chi connectivity index (χ1n) is 5.97. The van der Waals surface area contributed by atoms with E-state index in [1.54, 1.807) is 6.07 Å². The van der Waals surface area contributed by atoms with Gasteiger partial charge in [0.25, 0.3) is 0 Å². The van der Waals surface area contributed by atoms with Crippen molar-refractivity contribution in [1.29, 1.82) is 0 Å². The molecule has 1 aromatic heterocycles. The van der Waals surface area contributed by atoms with Crippen LogP contribution in [0.2, 0.25) is 5.15 Å². The van der Waals surface area contributed by atoms with Crippen LogP contribution in [0.3, 0.4) is 0 Å². The average Bonchev–Trinajstić information content (AvgIpc) is 2.28. The molecule has 1 aromatic rings. The molecule has 2 unspecified atom stereocenters. The van der Waals surface area contributed by atoms with E-state index in [0.29, 0.717) is 5.69 Å². The summed E-state index contributed by atoms with van der Waals surface area (Å²) in [5, 5.41) is 12.6. The van der Waals surface area contributed by atoms with Gasteiger partial charge in [-0.1, -0.05) is 11.6 Å². The maximum atomic E-state index is 11.1. The molecule has 1 heterocycles.